The monoisotopic (exact) mass is 454 g/mol. The topological polar surface area (TPSA) is 98.9 Å². The molecule has 2 fully saturated rings. The van der Waals surface area contributed by atoms with Crippen molar-refractivity contribution in [2.45, 2.75) is 63.1 Å². The number of amides is 1. The lowest BCUT2D eigenvalue weighted by atomic mass is 9.90. The Morgan fingerprint density at radius 3 is 2.61 bits per heavy atom. The van der Waals surface area contributed by atoms with Crippen LogP contribution in [0, 0.1) is 0 Å². The second-order valence-corrected chi connectivity index (χ2v) is 9.51. The summed E-state index contributed by atoms with van der Waals surface area (Å²) in [5, 5.41) is 20.6. The van der Waals surface area contributed by atoms with Crippen molar-refractivity contribution in [2.75, 3.05) is 31.1 Å². The van der Waals surface area contributed by atoms with Gasteiger partial charge in [-0.15, -0.1) is 0 Å². The first kappa shape index (κ1) is 23.4. The fourth-order valence-corrected chi connectivity index (χ4v) is 4.96. The van der Waals surface area contributed by atoms with Crippen LogP contribution in [0.3, 0.4) is 0 Å². The maximum atomic E-state index is 12.8. The van der Waals surface area contributed by atoms with Gasteiger partial charge in [-0.1, -0.05) is 37.3 Å². The molecule has 4 rings (SSSR count). The molecule has 0 saturated carbocycles. The summed E-state index contributed by atoms with van der Waals surface area (Å²) in [4.78, 5) is 33.7. The quantitative estimate of drug-likeness (QED) is 0.661. The van der Waals surface area contributed by atoms with Crippen LogP contribution in [0.4, 0.5) is 5.82 Å². The first-order valence-corrected chi connectivity index (χ1v) is 11.9. The van der Waals surface area contributed by atoms with E-state index in [1.807, 2.05) is 40.1 Å². The third-order valence-electron chi connectivity index (χ3n) is 7.11. The van der Waals surface area contributed by atoms with Crippen LogP contribution in [0.5, 0.6) is 0 Å². The zero-order chi connectivity index (χ0) is 23.4. The van der Waals surface area contributed by atoms with Crippen molar-refractivity contribution in [3.8, 4) is 0 Å². The minimum Gasteiger partial charge on any atom is -0.394 e. The van der Waals surface area contributed by atoms with Crippen LogP contribution in [-0.2, 0) is 11.3 Å². The third kappa shape index (κ3) is 5.45. The molecule has 1 amide bonds. The Bertz CT molecular complexity index is 1000. The number of anilines is 1. The predicted octanol–water partition coefficient (Wildman–Crippen LogP) is 1.75. The van der Waals surface area contributed by atoms with E-state index in [-0.39, 0.29) is 36.6 Å². The van der Waals surface area contributed by atoms with Gasteiger partial charge in [0, 0.05) is 32.1 Å². The molecule has 8 heteroatoms. The van der Waals surface area contributed by atoms with Crippen LogP contribution >= 0.6 is 0 Å². The lowest BCUT2D eigenvalue weighted by Gasteiger charge is -2.38. The molecular weight excluding hydrogens is 420 g/mol. The number of likely N-dealkylation sites (tertiary alicyclic amines) is 1. The Morgan fingerprint density at radius 1 is 1.21 bits per heavy atom. The highest BCUT2D eigenvalue weighted by atomic mass is 16.3. The lowest BCUT2D eigenvalue weighted by molar-refractivity contribution is -0.136. The first-order chi connectivity index (χ1) is 15.9. The zero-order valence-electron chi connectivity index (χ0n) is 19.3. The molecule has 2 N–H and O–H groups in total. The molecule has 2 aromatic rings. The third-order valence-corrected chi connectivity index (χ3v) is 7.11. The van der Waals surface area contributed by atoms with Crippen molar-refractivity contribution >= 4 is 11.7 Å². The highest BCUT2D eigenvalue weighted by Gasteiger charge is 2.35. The number of aromatic nitrogens is 2. The lowest BCUT2D eigenvalue weighted by Crippen LogP contribution is -2.49. The Balaban J connectivity index is 1.33. The van der Waals surface area contributed by atoms with Gasteiger partial charge < -0.3 is 20.0 Å². The van der Waals surface area contributed by atoms with E-state index in [1.165, 1.54) is 17.0 Å². The number of aliphatic hydroxyl groups excluding tert-OH is 1. The van der Waals surface area contributed by atoms with Gasteiger partial charge in [0.2, 0.25) is 5.91 Å². The molecular formula is C25H34N4O4. The molecule has 178 valence electrons. The van der Waals surface area contributed by atoms with E-state index in [9.17, 15) is 19.8 Å². The van der Waals surface area contributed by atoms with Crippen LogP contribution in [0.25, 0.3) is 0 Å². The van der Waals surface area contributed by atoms with Crippen molar-refractivity contribution in [3.05, 3.63) is 58.6 Å². The molecule has 1 aromatic heterocycles. The number of carbonyl (C=O) groups is 1. The summed E-state index contributed by atoms with van der Waals surface area (Å²) in [7, 11) is 0. The van der Waals surface area contributed by atoms with Crippen LogP contribution in [0.2, 0.25) is 0 Å². The smallest absolute Gasteiger partial charge is 0.255 e. The zero-order valence-corrected chi connectivity index (χ0v) is 19.3. The van der Waals surface area contributed by atoms with Gasteiger partial charge in [0.15, 0.2) is 0 Å². The maximum absolute atomic E-state index is 12.8. The number of aliphatic hydroxyl groups is 2. The summed E-state index contributed by atoms with van der Waals surface area (Å²) in [6.07, 6.45) is 4.63. The Hall–Kier alpha value is -2.71. The van der Waals surface area contributed by atoms with Crippen LogP contribution in [-0.4, -0.2) is 68.5 Å². The molecule has 0 spiro atoms. The summed E-state index contributed by atoms with van der Waals surface area (Å²) in [6, 6.07) is 11.5. The van der Waals surface area contributed by atoms with E-state index in [0.717, 1.165) is 24.9 Å². The van der Waals surface area contributed by atoms with Crippen molar-refractivity contribution in [2.24, 2.45) is 0 Å². The van der Waals surface area contributed by atoms with Gasteiger partial charge in [0.1, 0.15) is 5.82 Å². The molecule has 2 aliphatic heterocycles. The second kappa shape index (κ2) is 10.1. The number of nitrogens with zero attached hydrogens (tertiary/aromatic N) is 4. The average Bonchev–Trinajstić information content (AvgIpc) is 3.30. The molecule has 33 heavy (non-hydrogen) atoms. The number of rotatable bonds is 7. The van der Waals surface area contributed by atoms with E-state index in [4.69, 9.17) is 0 Å². The number of piperidine rings is 1. The summed E-state index contributed by atoms with van der Waals surface area (Å²) in [6.45, 7) is 3.99. The maximum Gasteiger partial charge on any atom is 0.255 e. The number of hydrogen-bond donors (Lipinski definition) is 2. The Labute approximate surface area is 194 Å². The highest BCUT2D eigenvalue weighted by Crippen LogP contribution is 2.27. The average molecular weight is 455 g/mol. The van der Waals surface area contributed by atoms with E-state index in [2.05, 4.69) is 11.9 Å². The minimum absolute atomic E-state index is 0.00316. The number of carbonyl (C=O) groups excluding carboxylic acids is 1. The summed E-state index contributed by atoms with van der Waals surface area (Å²) >= 11 is 0. The Kier molecular flexibility index (Phi) is 7.14. The fraction of sp³-hybridized carbons (Fsp3) is 0.560. The molecule has 1 aromatic carbocycles. The molecule has 0 bridgehead atoms. The largest absolute Gasteiger partial charge is 0.394 e. The molecule has 8 nitrogen and oxygen atoms in total. The minimum atomic E-state index is -1.05. The second-order valence-electron chi connectivity index (χ2n) is 9.51. The van der Waals surface area contributed by atoms with E-state index < -0.39 is 5.60 Å². The molecule has 1 unspecified atom stereocenters. The number of benzene rings is 1. The van der Waals surface area contributed by atoms with E-state index in [0.29, 0.717) is 38.2 Å². The van der Waals surface area contributed by atoms with Gasteiger partial charge in [-0.2, -0.15) is 0 Å². The van der Waals surface area contributed by atoms with Gasteiger partial charge >= 0.3 is 0 Å². The van der Waals surface area contributed by atoms with Crippen LogP contribution in [0.15, 0.2) is 47.5 Å². The summed E-state index contributed by atoms with van der Waals surface area (Å²) < 4.78 is 1.45. The van der Waals surface area contributed by atoms with Crippen LogP contribution < -0.4 is 10.5 Å². The standard InChI is InChI=1S/C25H34N4O4/c1-19(20-6-3-2-4-7-20)14-23(31)27-12-9-25(33,10-13-27)17-28-18-26-22(15-24(28)32)29-11-5-8-21(29)16-30/h2-4,6-7,15,18-19,21,30,33H,5,8-14,16-17H2,1H3/t19?,21-/m1/s1. The Morgan fingerprint density at radius 2 is 1.94 bits per heavy atom. The molecule has 0 aliphatic carbocycles. The van der Waals surface area contributed by atoms with Crippen LogP contribution in [0.1, 0.15) is 50.5 Å². The van der Waals surface area contributed by atoms with Gasteiger partial charge in [0.25, 0.3) is 5.56 Å². The molecule has 2 saturated heterocycles. The van der Waals surface area contributed by atoms with E-state index in [1.54, 1.807) is 0 Å². The van der Waals surface area contributed by atoms with Crippen molar-refractivity contribution in [1.29, 1.82) is 0 Å². The summed E-state index contributed by atoms with van der Waals surface area (Å²) in [5.74, 6) is 0.817. The van der Waals surface area contributed by atoms with Crippen molar-refractivity contribution in [1.82, 2.24) is 14.5 Å². The van der Waals surface area contributed by atoms with Gasteiger partial charge in [-0.3, -0.25) is 14.2 Å². The van der Waals surface area contributed by atoms with Crippen molar-refractivity contribution in [3.63, 3.8) is 0 Å². The number of hydrogen-bond acceptors (Lipinski definition) is 6. The molecule has 3 heterocycles. The van der Waals surface area contributed by atoms with Gasteiger partial charge in [-0.05, 0) is 37.2 Å². The highest BCUT2D eigenvalue weighted by molar-refractivity contribution is 5.77. The normalized spacial score (nSPS) is 21.2. The predicted molar refractivity (Wildman–Crippen MR) is 126 cm³/mol. The summed E-state index contributed by atoms with van der Waals surface area (Å²) in [5.41, 5.74) is -0.114. The van der Waals surface area contributed by atoms with Gasteiger partial charge in [-0.25, -0.2) is 4.98 Å². The SMILES string of the molecule is CC(CC(=O)N1CCC(O)(Cn2cnc(N3CCC[C@@H]3CO)cc2=O)CC1)c1ccccc1. The first-order valence-electron chi connectivity index (χ1n) is 11.9. The molecule has 2 atom stereocenters. The van der Waals surface area contributed by atoms with Crippen molar-refractivity contribution < 1.29 is 15.0 Å². The molecule has 2 aliphatic rings. The van der Waals surface area contributed by atoms with Gasteiger partial charge in [0.05, 0.1) is 31.1 Å². The fourth-order valence-electron chi connectivity index (χ4n) is 4.96. The van der Waals surface area contributed by atoms with E-state index >= 15 is 0 Å². The molecule has 0 radical (unpaired) electrons.